The molecule has 0 saturated heterocycles. The van der Waals surface area contributed by atoms with Gasteiger partial charge in [-0.25, -0.2) is 0 Å². The third-order valence-corrected chi connectivity index (χ3v) is 2.19. The van der Waals surface area contributed by atoms with Crippen LogP contribution in [-0.2, 0) is 13.2 Å². The number of aliphatic hydroxyl groups is 1. The summed E-state index contributed by atoms with van der Waals surface area (Å²) < 4.78 is 5.31. The number of benzene rings is 1. The van der Waals surface area contributed by atoms with Crippen LogP contribution in [0.3, 0.4) is 0 Å². The topological polar surface area (TPSA) is 65.6 Å². The molecule has 0 atom stereocenters. The van der Waals surface area contributed by atoms with Crippen molar-refractivity contribution in [2.45, 2.75) is 13.2 Å². The van der Waals surface area contributed by atoms with Crippen LogP contribution in [0.4, 0.5) is 5.69 Å². The Balaban J connectivity index is 1.96. The maximum atomic E-state index is 9.26. The monoisotopic (exact) mass is 219 g/mol. The van der Waals surface area contributed by atoms with Gasteiger partial charge in [0.1, 0.15) is 23.9 Å². The Bertz CT molecular complexity index is 465. The van der Waals surface area contributed by atoms with Gasteiger partial charge in [0.05, 0.1) is 6.54 Å². The smallest absolute Gasteiger partial charge is 0.129 e. The first kappa shape index (κ1) is 10.6. The van der Waals surface area contributed by atoms with E-state index in [1.807, 2.05) is 6.07 Å². The van der Waals surface area contributed by atoms with Crippen LogP contribution in [-0.4, -0.2) is 10.2 Å². The number of hydrogen-bond donors (Lipinski definition) is 3. The number of furan rings is 1. The summed E-state index contributed by atoms with van der Waals surface area (Å²) in [6, 6.07) is 10.4. The molecule has 0 saturated carbocycles. The van der Waals surface area contributed by atoms with E-state index in [1.165, 1.54) is 0 Å². The Morgan fingerprint density at radius 3 is 2.62 bits per heavy atom. The van der Waals surface area contributed by atoms with E-state index in [4.69, 9.17) is 9.52 Å². The number of aromatic hydroxyl groups is 1. The van der Waals surface area contributed by atoms with Gasteiger partial charge in [-0.15, -0.1) is 0 Å². The zero-order valence-electron chi connectivity index (χ0n) is 8.68. The molecule has 4 nitrogen and oxygen atoms in total. The average Bonchev–Trinajstić information content (AvgIpc) is 2.74. The van der Waals surface area contributed by atoms with Crippen molar-refractivity contribution in [2.75, 3.05) is 5.32 Å². The molecule has 0 fully saturated rings. The van der Waals surface area contributed by atoms with E-state index in [0.29, 0.717) is 12.3 Å². The highest BCUT2D eigenvalue weighted by molar-refractivity contribution is 5.47. The molecule has 1 heterocycles. The van der Waals surface area contributed by atoms with E-state index < -0.39 is 0 Å². The number of phenolic OH excluding ortho intramolecular Hbond substituents is 1. The molecule has 84 valence electrons. The normalized spacial score (nSPS) is 10.3. The summed E-state index contributed by atoms with van der Waals surface area (Å²) in [5.74, 6) is 1.51. The fraction of sp³-hybridized carbons (Fsp3) is 0.167. The minimum atomic E-state index is -0.0911. The summed E-state index contributed by atoms with van der Waals surface area (Å²) in [7, 11) is 0. The van der Waals surface area contributed by atoms with Crippen LogP contribution in [0.25, 0.3) is 0 Å². The minimum Gasteiger partial charge on any atom is -0.508 e. The second kappa shape index (κ2) is 4.72. The maximum Gasteiger partial charge on any atom is 0.129 e. The van der Waals surface area contributed by atoms with Crippen LogP contribution < -0.4 is 5.32 Å². The molecule has 0 aliphatic heterocycles. The third kappa shape index (κ3) is 2.55. The molecule has 0 spiro atoms. The molecule has 16 heavy (non-hydrogen) atoms. The van der Waals surface area contributed by atoms with Crippen molar-refractivity contribution in [3.8, 4) is 5.75 Å². The van der Waals surface area contributed by atoms with Gasteiger partial charge in [0, 0.05) is 11.8 Å². The van der Waals surface area contributed by atoms with Gasteiger partial charge in [0.15, 0.2) is 0 Å². The molecule has 0 aliphatic carbocycles. The van der Waals surface area contributed by atoms with Crippen molar-refractivity contribution in [3.63, 3.8) is 0 Å². The molecule has 2 rings (SSSR count). The number of aliphatic hydroxyl groups excluding tert-OH is 1. The van der Waals surface area contributed by atoms with E-state index in [-0.39, 0.29) is 12.4 Å². The Morgan fingerprint density at radius 2 is 1.94 bits per heavy atom. The Hall–Kier alpha value is -1.94. The zero-order chi connectivity index (χ0) is 11.4. The summed E-state index contributed by atoms with van der Waals surface area (Å²) in [5, 5.41) is 21.2. The summed E-state index contributed by atoms with van der Waals surface area (Å²) in [4.78, 5) is 0. The van der Waals surface area contributed by atoms with Gasteiger partial charge in [-0.2, -0.15) is 0 Å². The number of nitrogens with one attached hydrogen (secondary N) is 1. The molecular weight excluding hydrogens is 206 g/mol. The Labute approximate surface area is 93.2 Å². The molecule has 4 heteroatoms. The Morgan fingerprint density at radius 1 is 1.12 bits per heavy atom. The van der Waals surface area contributed by atoms with Crippen molar-refractivity contribution >= 4 is 5.69 Å². The van der Waals surface area contributed by atoms with Crippen LogP contribution in [0.5, 0.6) is 5.75 Å². The van der Waals surface area contributed by atoms with E-state index in [2.05, 4.69) is 5.32 Å². The van der Waals surface area contributed by atoms with Crippen LogP contribution in [0.2, 0.25) is 0 Å². The predicted octanol–water partition coefficient (Wildman–Crippen LogP) is 2.09. The van der Waals surface area contributed by atoms with E-state index in [1.54, 1.807) is 30.3 Å². The van der Waals surface area contributed by atoms with Gasteiger partial charge in [0.25, 0.3) is 0 Å². The fourth-order valence-corrected chi connectivity index (χ4v) is 1.41. The van der Waals surface area contributed by atoms with Crippen molar-refractivity contribution in [1.29, 1.82) is 0 Å². The molecule has 0 unspecified atom stereocenters. The SMILES string of the molecule is OCc1ccc(CNc2cccc(O)c2)o1. The summed E-state index contributed by atoms with van der Waals surface area (Å²) >= 11 is 0. The van der Waals surface area contributed by atoms with E-state index in [0.717, 1.165) is 11.4 Å². The lowest BCUT2D eigenvalue weighted by Gasteiger charge is -2.04. The maximum absolute atomic E-state index is 9.26. The number of anilines is 1. The highest BCUT2D eigenvalue weighted by Gasteiger charge is 2.00. The summed E-state index contributed by atoms with van der Waals surface area (Å²) in [6.07, 6.45) is 0. The van der Waals surface area contributed by atoms with Gasteiger partial charge in [-0.1, -0.05) is 6.07 Å². The zero-order valence-corrected chi connectivity index (χ0v) is 8.68. The molecule has 0 amide bonds. The highest BCUT2D eigenvalue weighted by Crippen LogP contribution is 2.16. The van der Waals surface area contributed by atoms with Gasteiger partial charge in [-0.05, 0) is 24.3 Å². The van der Waals surface area contributed by atoms with Gasteiger partial charge in [-0.3, -0.25) is 0 Å². The average molecular weight is 219 g/mol. The van der Waals surface area contributed by atoms with E-state index >= 15 is 0 Å². The fourth-order valence-electron chi connectivity index (χ4n) is 1.41. The number of rotatable bonds is 4. The van der Waals surface area contributed by atoms with Crippen LogP contribution >= 0.6 is 0 Å². The van der Waals surface area contributed by atoms with E-state index in [9.17, 15) is 5.11 Å². The highest BCUT2D eigenvalue weighted by atomic mass is 16.4. The van der Waals surface area contributed by atoms with Crippen molar-refractivity contribution in [2.24, 2.45) is 0 Å². The lowest BCUT2D eigenvalue weighted by molar-refractivity contribution is 0.244. The molecule has 3 N–H and O–H groups in total. The van der Waals surface area contributed by atoms with Crippen molar-refractivity contribution in [1.82, 2.24) is 0 Å². The van der Waals surface area contributed by atoms with Gasteiger partial charge >= 0.3 is 0 Å². The molecule has 1 aromatic heterocycles. The van der Waals surface area contributed by atoms with Crippen LogP contribution in [0.15, 0.2) is 40.8 Å². The second-order valence-electron chi connectivity index (χ2n) is 3.43. The third-order valence-electron chi connectivity index (χ3n) is 2.19. The summed E-state index contributed by atoms with van der Waals surface area (Å²) in [5.41, 5.74) is 0.821. The lowest BCUT2D eigenvalue weighted by atomic mass is 10.3. The minimum absolute atomic E-state index is 0.0911. The first-order chi connectivity index (χ1) is 7.78. The van der Waals surface area contributed by atoms with Crippen molar-refractivity contribution in [3.05, 3.63) is 47.9 Å². The molecule has 0 radical (unpaired) electrons. The molecule has 0 bridgehead atoms. The lowest BCUT2D eigenvalue weighted by Crippen LogP contribution is -1.97. The summed E-state index contributed by atoms with van der Waals surface area (Å²) in [6.45, 7) is 0.426. The van der Waals surface area contributed by atoms with Crippen molar-refractivity contribution < 1.29 is 14.6 Å². The number of phenols is 1. The quantitative estimate of drug-likeness (QED) is 0.736. The standard InChI is InChI=1S/C12H13NO3/c14-8-12-5-4-11(16-12)7-13-9-2-1-3-10(15)6-9/h1-6,13-15H,7-8H2. The van der Waals surface area contributed by atoms with Crippen LogP contribution in [0.1, 0.15) is 11.5 Å². The first-order valence-electron chi connectivity index (χ1n) is 4.99. The largest absolute Gasteiger partial charge is 0.508 e. The molecular formula is C12H13NO3. The van der Waals surface area contributed by atoms with Crippen LogP contribution in [0, 0.1) is 0 Å². The predicted molar refractivity (Wildman–Crippen MR) is 60.1 cm³/mol. The molecule has 1 aromatic carbocycles. The number of hydrogen-bond acceptors (Lipinski definition) is 4. The molecule has 0 aliphatic rings. The second-order valence-corrected chi connectivity index (χ2v) is 3.43. The molecule has 2 aromatic rings. The first-order valence-corrected chi connectivity index (χ1v) is 4.99. The van der Waals surface area contributed by atoms with Gasteiger partial charge < -0.3 is 19.9 Å². The van der Waals surface area contributed by atoms with Gasteiger partial charge in [0.2, 0.25) is 0 Å². The Kier molecular flexibility index (Phi) is 3.12.